The Morgan fingerprint density at radius 3 is 2.69 bits per heavy atom. The molecule has 3 heterocycles. The number of hydrogen-bond acceptors (Lipinski definition) is 6. The number of benzene rings is 1. The van der Waals surface area contributed by atoms with Crippen LogP contribution in [0.5, 0.6) is 5.75 Å². The van der Waals surface area contributed by atoms with Gasteiger partial charge in [0, 0.05) is 42.8 Å². The highest BCUT2D eigenvalue weighted by Crippen LogP contribution is 2.28. The molecule has 3 N–H and O–H groups in total. The van der Waals surface area contributed by atoms with Gasteiger partial charge in [0.2, 0.25) is 0 Å². The third-order valence-electron chi connectivity index (χ3n) is 5.23. The number of nitrogens with two attached hydrogens (primary N) is 1. The van der Waals surface area contributed by atoms with E-state index >= 15 is 0 Å². The fraction of sp³-hybridized carbons (Fsp3) is 0.304. The second-order valence-electron chi connectivity index (χ2n) is 7.25. The van der Waals surface area contributed by atoms with Crippen LogP contribution in [0.15, 0.2) is 61.1 Å². The molecule has 0 atom stereocenters. The molecule has 3 aromatic rings. The van der Waals surface area contributed by atoms with E-state index in [1.807, 2.05) is 24.4 Å². The van der Waals surface area contributed by atoms with Crippen LogP contribution in [0.2, 0.25) is 0 Å². The molecule has 2 aromatic heterocycles. The van der Waals surface area contributed by atoms with Crippen molar-refractivity contribution in [1.82, 2.24) is 14.9 Å². The Morgan fingerprint density at radius 2 is 1.90 bits per heavy atom. The lowest BCUT2D eigenvalue weighted by Gasteiger charge is -2.18. The summed E-state index contributed by atoms with van der Waals surface area (Å²) in [6, 6.07) is 14.1. The molecule has 0 unspecified atom stereocenters. The Bertz CT molecular complexity index is 926. The summed E-state index contributed by atoms with van der Waals surface area (Å²) in [5, 5.41) is 3.39. The van der Waals surface area contributed by atoms with Gasteiger partial charge in [0.05, 0.1) is 5.69 Å². The van der Waals surface area contributed by atoms with Crippen LogP contribution in [-0.2, 0) is 6.54 Å². The van der Waals surface area contributed by atoms with E-state index in [1.165, 1.54) is 25.9 Å². The van der Waals surface area contributed by atoms with Gasteiger partial charge in [-0.25, -0.2) is 4.98 Å². The molecule has 6 heteroatoms. The van der Waals surface area contributed by atoms with Crippen molar-refractivity contribution in [3.8, 4) is 16.9 Å². The van der Waals surface area contributed by atoms with E-state index in [2.05, 4.69) is 44.5 Å². The lowest BCUT2D eigenvalue weighted by Crippen LogP contribution is -2.25. The fourth-order valence-electron chi connectivity index (χ4n) is 3.62. The summed E-state index contributed by atoms with van der Waals surface area (Å²) in [5.74, 6) is 1.39. The van der Waals surface area contributed by atoms with Crippen LogP contribution in [0, 0.1) is 0 Å². The molecule has 1 aromatic carbocycles. The minimum Gasteiger partial charge on any atom is -0.492 e. The van der Waals surface area contributed by atoms with E-state index in [1.54, 1.807) is 12.4 Å². The Morgan fingerprint density at radius 1 is 1.03 bits per heavy atom. The molecular formula is C23H27N5O. The van der Waals surface area contributed by atoms with Crippen molar-refractivity contribution in [2.24, 2.45) is 0 Å². The van der Waals surface area contributed by atoms with Crippen molar-refractivity contribution in [1.29, 1.82) is 0 Å². The number of nitrogens with zero attached hydrogens (tertiary/aromatic N) is 3. The van der Waals surface area contributed by atoms with Crippen LogP contribution >= 0.6 is 0 Å². The molecule has 1 fully saturated rings. The van der Waals surface area contributed by atoms with E-state index < -0.39 is 0 Å². The zero-order valence-corrected chi connectivity index (χ0v) is 16.6. The van der Waals surface area contributed by atoms with Crippen molar-refractivity contribution in [2.45, 2.75) is 19.4 Å². The Labute approximate surface area is 171 Å². The highest BCUT2D eigenvalue weighted by atomic mass is 16.5. The molecule has 1 saturated heterocycles. The van der Waals surface area contributed by atoms with Crippen LogP contribution < -0.4 is 15.8 Å². The van der Waals surface area contributed by atoms with Crippen molar-refractivity contribution in [2.75, 3.05) is 37.3 Å². The molecule has 0 amide bonds. The van der Waals surface area contributed by atoms with Crippen molar-refractivity contribution >= 4 is 11.5 Å². The molecule has 6 nitrogen and oxygen atoms in total. The van der Waals surface area contributed by atoms with E-state index in [0.29, 0.717) is 19.0 Å². The van der Waals surface area contributed by atoms with E-state index in [4.69, 9.17) is 10.5 Å². The summed E-state index contributed by atoms with van der Waals surface area (Å²) in [4.78, 5) is 10.8. The Hall–Kier alpha value is -3.12. The third-order valence-corrected chi connectivity index (χ3v) is 5.23. The fourth-order valence-corrected chi connectivity index (χ4v) is 3.62. The van der Waals surface area contributed by atoms with Crippen molar-refractivity contribution in [3.63, 3.8) is 0 Å². The normalized spacial score (nSPS) is 14.1. The van der Waals surface area contributed by atoms with Gasteiger partial charge in [-0.3, -0.25) is 9.88 Å². The minimum absolute atomic E-state index is 0.493. The summed E-state index contributed by atoms with van der Waals surface area (Å²) in [7, 11) is 0. The van der Waals surface area contributed by atoms with Gasteiger partial charge in [-0.2, -0.15) is 0 Å². The Balaban J connectivity index is 1.51. The number of aromatic nitrogens is 2. The molecule has 0 bridgehead atoms. The smallest absolute Gasteiger partial charge is 0.146 e. The first kappa shape index (κ1) is 19.2. The van der Waals surface area contributed by atoms with Gasteiger partial charge in [0.25, 0.3) is 0 Å². The van der Waals surface area contributed by atoms with Gasteiger partial charge in [0.15, 0.2) is 0 Å². The van der Waals surface area contributed by atoms with Crippen LogP contribution in [0.25, 0.3) is 11.1 Å². The zero-order chi connectivity index (χ0) is 19.9. The average Bonchev–Trinajstić information content (AvgIpc) is 3.28. The summed E-state index contributed by atoms with van der Waals surface area (Å²) in [6.45, 7) is 4.61. The maximum atomic E-state index is 6.16. The van der Waals surface area contributed by atoms with Crippen LogP contribution in [0.3, 0.4) is 0 Å². The number of rotatable bonds is 8. The summed E-state index contributed by atoms with van der Waals surface area (Å²) >= 11 is 0. The van der Waals surface area contributed by atoms with Crippen molar-refractivity contribution < 1.29 is 4.74 Å². The molecule has 0 spiro atoms. The molecule has 0 saturated carbocycles. The van der Waals surface area contributed by atoms with E-state index in [-0.39, 0.29) is 0 Å². The summed E-state index contributed by atoms with van der Waals surface area (Å²) in [5.41, 5.74) is 10.1. The van der Waals surface area contributed by atoms with Gasteiger partial charge in [-0.1, -0.05) is 12.1 Å². The molecular weight excluding hydrogens is 362 g/mol. The number of nitrogens with one attached hydrogen (secondary N) is 1. The van der Waals surface area contributed by atoms with Gasteiger partial charge in [-0.05, 0) is 61.8 Å². The predicted octanol–water partition coefficient (Wildman–Crippen LogP) is 3.81. The summed E-state index contributed by atoms with van der Waals surface area (Å²) in [6.07, 6.45) is 7.94. The van der Waals surface area contributed by atoms with Crippen LogP contribution in [0.4, 0.5) is 11.5 Å². The highest BCUT2D eigenvalue weighted by Gasteiger charge is 2.12. The van der Waals surface area contributed by atoms with Gasteiger partial charge in [0.1, 0.15) is 18.2 Å². The topological polar surface area (TPSA) is 76.3 Å². The lowest BCUT2D eigenvalue weighted by molar-refractivity contribution is 0.236. The molecule has 1 aliphatic rings. The third kappa shape index (κ3) is 5.03. The quantitative estimate of drug-likeness (QED) is 0.610. The van der Waals surface area contributed by atoms with Crippen LogP contribution in [-0.4, -0.2) is 41.1 Å². The van der Waals surface area contributed by atoms with Crippen LogP contribution in [0.1, 0.15) is 18.4 Å². The number of ether oxygens (including phenoxy) is 1. The first-order valence-electron chi connectivity index (χ1n) is 10.1. The molecule has 0 radical (unpaired) electrons. The minimum atomic E-state index is 0.493. The van der Waals surface area contributed by atoms with Crippen molar-refractivity contribution in [3.05, 3.63) is 66.6 Å². The molecule has 150 valence electrons. The van der Waals surface area contributed by atoms with E-state index in [9.17, 15) is 0 Å². The second-order valence-corrected chi connectivity index (χ2v) is 7.25. The molecule has 0 aliphatic carbocycles. The lowest BCUT2D eigenvalue weighted by atomic mass is 10.0. The number of likely N-dealkylation sites (tertiary alicyclic amines) is 1. The van der Waals surface area contributed by atoms with Gasteiger partial charge in [-0.15, -0.1) is 0 Å². The first-order chi connectivity index (χ1) is 14.3. The average molecular weight is 390 g/mol. The molecule has 4 rings (SSSR count). The summed E-state index contributed by atoms with van der Waals surface area (Å²) < 4.78 is 6.16. The standard InChI is InChI=1S/C23H27N5O/c24-23-21(6-4-10-26-23)27-17-20-15-18(19-5-3-9-25-16-19)7-8-22(20)29-14-13-28-11-1-2-12-28/h3-10,15-16,27H,1-2,11-14,17H2,(H2,24,26). The Kier molecular flexibility index (Phi) is 6.22. The zero-order valence-electron chi connectivity index (χ0n) is 16.6. The SMILES string of the molecule is Nc1ncccc1NCc1cc(-c2cccnc2)ccc1OCCN1CCCC1. The molecule has 1 aliphatic heterocycles. The molecule has 29 heavy (non-hydrogen) atoms. The van der Waals surface area contributed by atoms with E-state index in [0.717, 1.165) is 34.7 Å². The number of pyridine rings is 2. The number of nitrogen functional groups attached to an aromatic ring is 1. The largest absolute Gasteiger partial charge is 0.492 e. The predicted molar refractivity (Wildman–Crippen MR) is 117 cm³/mol. The monoisotopic (exact) mass is 389 g/mol. The van der Waals surface area contributed by atoms with Gasteiger partial charge < -0.3 is 15.8 Å². The number of anilines is 2. The maximum absolute atomic E-state index is 6.16. The highest BCUT2D eigenvalue weighted by molar-refractivity contribution is 5.66. The second kappa shape index (κ2) is 9.39. The number of hydrogen-bond donors (Lipinski definition) is 2. The van der Waals surface area contributed by atoms with Gasteiger partial charge >= 0.3 is 0 Å². The maximum Gasteiger partial charge on any atom is 0.146 e. The first-order valence-corrected chi connectivity index (χ1v) is 10.1.